The Hall–Kier alpha value is -0.900. The van der Waals surface area contributed by atoms with E-state index in [-0.39, 0.29) is 5.54 Å². The van der Waals surface area contributed by atoms with Crippen LogP contribution in [0.3, 0.4) is 0 Å². The highest BCUT2D eigenvalue weighted by atomic mass is 16.4. The standard InChI is InChI=1S/C12H21N3O/c1-8-7-9(8)11-15-14-10(16-11)5-6-13-12(2,3)4/h8-9,13H,5-7H2,1-4H3. The Balaban J connectivity index is 1.79. The smallest absolute Gasteiger partial charge is 0.219 e. The molecule has 1 heterocycles. The van der Waals surface area contributed by atoms with Gasteiger partial charge < -0.3 is 9.73 Å². The molecule has 1 fully saturated rings. The van der Waals surface area contributed by atoms with Gasteiger partial charge in [0.15, 0.2) is 0 Å². The minimum absolute atomic E-state index is 0.147. The van der Waals surface area contributed by atoms with Crippen LogP contribution in [0.25, 0.3) is 0 Å². The predicted octanol–water partition coefficient (Wildman–Crippen LogP) is 2.12. The lowest BCUT2D eigenvalue weighted by molar-refractivity contribution is 0.400. The second kappa shape index (κ2) is 4.17. The Kier molecular flexibility index (Phi) is 3.02. The largest absolute Gasteiger partial charge is 0.425 e. The van der Waals surface area contributed by atoms with Gasteiger partial charge in [-0.1, -0.05) is 6.92 Å². The van der Waals surface area contributed by atoms with E-state index in [9.17, 15) is 0 Å². The number of nitrogens with zero attached hydrogens (tertiary/aromatic N) is 2. The first kappa shape index (κ1) is 11.6. The lowest BCUT2D eigenvalue weighted by Gasteiger charge is -2.19. The van der Waals surface area contributed by atoms with Gasteiger partial charge in [0.25, 0.3) is 0 Å². The fourth-order valence-corrected chi connectivity index (χ4v) is 1.73. The van der Waals surface area contributed by atoms with Crippen LogP contribution in [0.5, 0.6) is 0 Å². The van der Waals surface area contributed by atoms with Gasteiger partial charge in [0.05, 0.1) is 0 Å². The van der Waals surface area contributed by atoms with Crippen molar-refractivity contribution < 1.29 is 4.42 Å². The average molecular weight is 223 g/mol. The summed E-state index contributed by atoms with van der Waals surface area (Å²) in [5.41, 5.74) is 0.147. The molecule has 1 aliphatic carbocycles. The topological polar surface area (TPSA) is 51.0 Å². The molecule has 2 rings (SSSR count). The van der Waals surface area contributed by atoms with Gasteiger partial charge in [0.1, 0.15) is 0 Å². The Morgan fingerprint density at radius 3 is 2.62 bits per heavy atom. The van der Waals surface area contributed by atoms with Gasteiger partial charge in [-0.3, -0.25) is 0 Å². The Morgan fingerprint density at radius 2 is 2.06 bits per heavy atom. The number of aromatic nitrogens is 2. The molecule has 0 bridgehead atoms. The summed E-state index contributed by atoms with van der Waals surface area (Å²) in [5.74, 6) is 2.84. The molecule has 0 spiro atoms. The van der Waals surface area contributed by atoms with E-state index in [0.29, 0.717) is 5.92 Å². The van der Waals surface area contributed by atoms with Gasteiger partial charge in [0.2, 0.25) is 11.8 Å². The van der Waals surface area contributed by atoms with Gasteiger partial charge in [-0.05, 0) is 33.1 Å². The van der Waals surface area contributed by atoms with Gasteiger partial charge in [-0.25, -0.2) is 0 Å². The minimum Gasteiger partial charge on any atom is -0.425 e. The third kappa shape index (κ3) is 3.04. The number of nitrogens with one attached hydrogen (secondary N) is 1. The maximum absolute atomic E-state index is 5.63. The van der Waals surface area contributed by atoms with Gasteiger partial charge in [-0.15, -0.1) is 10.2 Å². The van der Waals surface area contributed by atoms with Gasteiger partial charge in [0, 0.05) is 24.4 Å². The molecule has 4 heteroatoms. The SMILES string of the molecule is CC1CC1c1nnc(CCNC(C)(C)C)o1. The first-order valence-corrected chi connectivity index (χ1v) is 6.03. The fourth-order valence-electron chi connectivity index (χ4n) is 1.73. The van der Waals surface area contributed by atoms with Crippen LogP contribution in [0.2, 0.25) is 0 Å². The highest BCUT2D eigenvalue weighted by Gasteiger charge is 2.38. The quantitative estimate of drug-likeness (QED) is 0.849. The molecule has 1 aromatic heterocycles. The van der Waals surface area contributed by atoms with Crippen LogP contribution in [0.4, 0.5) is 0 Å². The zero-order valence-corrected chi connectivity index (χ0v) is 10.6. The molecule has 16 heavy (non-hydrogen) atoms. The Labute approximate surface area is 96.8 Å². The van der Waals surface area contributed by atoms with E-state index in [1.807, 2.05) is 0 Å². The maximum Gasteiger partial charge on any atom is 0.219 e. The number of rotatable bonds is 4. The highest BCUT2D eigenvalue weighted by molar-refractivity contribution is 5.04. The second-order valence-electron chi connectivity index (χ2n) is 5.78. The molecule has 0 saturated heterocycles. The van der Waals surface area contributed by atoms with Crippen molar-refractivity contribution in [1.29, 1.82) is 0 Å². The van der Waals surface area contributed by atoms with Crippen molar-refractivity contribution in [3.05, 3.63) is 11.8 Å². The summed E-state index contributed by atoms with van der Waals surface area (Å²) in [7, 11) is 0. The van der Waals surface area contributed by atoms with Crippen LogP contribution in [0, 0.1) is 5.92 Å². The minimum atomic E-state index is 0.147. The summed E-state index contributed by atoms with van der Waals surface area (Å²) in [6, 6.07) is 0. The predicted molar refractivity (Wildman–Crippen MR) is 62.3 cm³/mol. The third-order valence-corrected chi connectivity index (χ3v) is 2.90. The van der Waals surface area contributed by atoms with Crippen molar-refractivity contribution in [1.82, 2.24) is 15.5 Å². The summed E-state index contributed by atoms with van der Waals surface area (Å²) in [4.78, 5) is 0. The van der Waals surface area contributed by atoms with E-state index in [4.69, 9.17) is 4.42 Å². The van der Waals surface area contributed by atoms with E-state index >= 15 is 0 Å². The van der Waals surface area contributed by atoms with Gasteiger partial charge >= 0.3 is 0 Å². The fraction of sp³-hybridized carbons (Fsp3) is 0.833. The lowest BCUT2D eigenvalue weighted by Crippen LogP contribution is -2.37. The van der Waals surface area contributed by atoms with E-state index in [2.05, 4.69) is 43.2 Å². The van der Waals surface area contributed by atoms with Crippen molar-refractivity contribution in [2.24, 2.45) is 5.92 Å². The van der Waals surface area contributed by atoms with Crippen molar-refractivity contribution in [2.45, 2.75) is 52.0 Å². The highest BCUT2D eigenvalue weighted by Crippen LogP contribution is 2.46. The first-order valence-electron chi connectivity index (χ1n) is 6.03. The van der Waals surface area contributed by atoms with E-state index in [0.717, 1.165) is 30.7 Å². The zero-order valence-electron chi connectivity index (χ0n) is 10.6. The van der Waals surface area contributed by atoms with Crippen molar-refractivity contribution >= 4 is 0 Å². The van der Waals surface area contributed by atoms with E-state index < -0.39 is 0 Å². The van der Waals surface area contributed by atoms with E-state index in [1.165, 1.54) is 6.42 Å². The molecule has 1 saturated carbocycles. The lowest BCUT2D eigenvalue weighted by atomic mass is 10.1. The molecular formula is C12H21N3O. The molecule has 2 unspecified atom stereocenters. The molecule has 1 N–H and O–H groups in total. The van der Waals surface area contributed by atoms with Crippen LogP contribution < -0.4 is 5.32 Å². The Bertz CT molecular complexity index is 353. The molecule has 1 aromatic rings. The van der Waals surface area contributed by atoms with Crippen LogP contribution in [0.15, 0.2) is 4.42 Å². The molecular weight excluding hydrogens is 202 g/mol. The van der Waals surface area contributed by atoms with Crippen LogP contribution in [-0.2, 0) is 6.42 Å². The summed E-state index contributed by atoms with van der Waals surface area (Å²) in [5, 5.41) is 11.6. The number of hydrogen-bond acceptors (Lipinski definition) is 4. The molecule has 0 radical (unpaired) electrons. The monoisotopic (exact) mass is 223 g/mol. The summed E-state index contributed by atoms with van der Waals surface area (Å²) in [6.07, 6.45) is 2.01. The van der Waals surface area contributed by atoms with Crippen LogP contribution in [-0.4, -0.2) is 22.3 Å². The summed E-state index contributed by atoms with van der Waals surface area (Å²) < 4.78 is 5.63. The molecule has 2 atom stereocenters. The molecule has 90 valence electrons. The summed E-state index contributed by atoms with van der Waals surface area (Å²) in [6.45, 7) is 9.55. The molecule has 4 nitrogen and oxygen atoms in total. The Morgan fingerprint density at radius 1 is 1.38 bits per heavy atom. The molecule has 0 amide bonds. The normalized spacial score (nSPS) is 24.8. The average Bonchev–Trinajstić information content (AvgIpc) is 2.72. The zero-order chi connectivity index (χ0) is 11.8. The van der Waals surface area contributed by atoms with E-state index in [1.54, 1.807) is 0 Å². The van der Waals surface area contributed by atoms with Crippen molar-refractivity contribution in [2.75, 3.05) is 6.54 Å². The van der Waals surface area contributed by atoms with Crippen LogP contribution >= 0.6 is 0 Å². The first-order chi connectivity index (χ1) is 7.46. The second-order valence-corrected chi connectivity index (χ2v) is 5.78. The van der Waals surface area contributed by atoms with Crippen molar-refractivity contribution in [3.63, 3.8) is 0 Å². The summed E-state index contributed by atoms with van der Waals surface area (Å²) >= 11 is 0. The van der Waals surface area contributed by atoms with Crippen molar-refractivity contribution in [3.8, 4) is 0 Å². The van der Waals surface area contributed by atoms with Gasteiger partial charge in [-0.2, -0.15) is 0 Å². The number of hydrogen-bond donors (Lipinski definition) is 1. The maximum atomic E-state index is 5.63. The third-order valence-electron chi connectivity index (χ3n) is 2.90. The molecule has 0 aromatic carbocycles. The van der Waals surface area contributed by atoms with Crippen LogP contribution in [0.1, 0.15) is 51.8 Å². The molecule has 1 aliphatic rings. The molecule has 0 aliphatic heterocycles.